The van der Waals surface area contributed by atoms with E-state index < -0.39 is 23.3 Å². The molecule has 0 radical (unpaired) electrons. The summed E-state index contributed by atoms with van der Waals surface area (Å²) in [7, 11) is 0. The second kappa shape index (κ2) is 9.43. The van der Waals surface area contributed by atoms with E-state index in [1.807, 2.05) is 0 Å². The first-order valence-corrected chi connectivity index (χ1v) is 12.9. The van der Waals surface area contributed by atoms with Gasteiger partial charge in [-0.25, -0.2) is 0 Å². The van der Waals surface area contributed by atoms with E-state index in [-0.39, 0.29) is 6.42 Å². The number of carboxylic acid groups (broad SMARTS) is 2. The molecule has 0 aromatic carbocycles. The highest BCUT2D eigenvalue weighted by Gasteiger charge is 2.60. The molecule has 0 heterocycles. The summed E-state index contributed by atoms with van der Waals surface area (Å²) >= 11 is 0. The van der Waals surface area contributed by atoms with Gasteiger partial charge in [-0.3, -0.25) is 9.59 Å². The minimum atomic E-state index is -0.802. The van der Waals surface area contributed by atoms with Crippen LogP contribution in [0, 0.1) is 52.3 Å². The van der Waals surface area contributed by atoms with Gasteiger partial charge in [-0.1, -0.05) is 53.9 Å². The van der Waals surface area contributed by atoms with Crippen LogP contribution in [-0.4, -0.2) is 22.2 Å². The Balaban J connectivity index is 1.77. The van der Waals surface area contributed by atoms with Crippen molar-refractivity contribution in [3.63, 3.8) is 0 Å². The summed E-state index contributed by atoms with van der Waals surface area (Å²) in [6, 6.07) is 0. The van der Waals surface area contributed by atoms with Crippen molar-refractivity contribution in [2.24, 2.45) is 52.3 Å². The van der Waals surface area contributed by atoms with Gasteiger partial charge in [0.05, 0.1) is 5.92 Å². The maximum atomic E-state index is 12.1. The third-order valence-corrected chi connectivity index (χ3v) is 10.2. The molecule has 0 amide bonds. The normalized spacial score (nSPS) is 40.9. The van der Waals surface area contributed by atoms with Crippen molar-refractivity contribution in [1.82, 2.24) is 0 Å². The summed E-state index contributed by atoms with van der Waals surface area (Å²) in [5.74, 6) is 2.02. The Bertz CT molecular complexity index is 658. The van der Waals surface area contributed by atoms with Crippen molar-refractivity contribution in [2.75, 3.05) is 0 Å². The fourth-order valence-corrected chi connectivity index (χ4v) is 8.62. The Kier molecular flexibility index (Phi) is 7.48. The predicted octanol–water partition coefficient (Wildman–Crippen LogP) is 6.87. The van der Waals surface area contributed by atoms with Crippen molar-refractivity contribution >= 4 is 11.9 Å². The molecule has 3 saturated carbocycles. The van der Waals surface area contributed by atoms with E-state index in [1.165, 1.54) is 38.5 Å². The summed E-state index contributed by atoms with van der Waals surface area (Å²) < 4.78 is 0. The predicted molar refractivity (Wildman–Crippen MR) is 124 cm³/mol. The van der Waals surface area contributed by atoms with Crippen LogP contribution in [0.15, 0.2) is 0 Å². The Hall–Kier alpha value is -1.06. The fourth-order valence-electron chi connectivity index (χ4n) is 8.62. The quantitative estimate of drug-likeness (QED) is 0.415. The molecular formula is C27H46O4. The molecule has 0 aliphatic heterocycles. The van der Waals surface area contributed by atoms with Crippen LogP contribution in [-0.2, 0) is 9.59 Å². The maximum absolute atomic E-state index is 12.1. The van der Waals surface area contributed by atoms with Crippen LogP contribution >= 0.6 is 0 Å². The summed E-state index contributed by atoms with van der Waals surface area (Å²) in [5.41, 5.74) is -0.0163. The van der Waals surface area contributed by atoms with Crippen molar-refractivity contribution in [1.29, 1.82) is 0 Å². The number of hydrogen-bond donors (Lipinski definition) is 2. The first-order valence-electron chi connectivity index (χ1n) is 12.9. The number of hydrogen-bond acceptors (Lipinski definition) is 2. The van der Waals surface area contributed by atoms with Crippen molar-refractivity contribution in [3.05, 3.63) is 0 Å². The molecule has 3 aliphatic rings. The zero-order valence-corrected chi connectivity index (χ0v) is 20.5. The molecule has 0 aromatic rings. The molecule has 0 spiro atoms. The van der Waals surface area contributed by atoms with Crippen LogP contribution < -0.4 is 0 Å². The second-order valence-corrected chi connectivity index (χ2v) is 12.3. The Morgan fingerprint density at radius 3 is 2.26 bits per heavy atom. The molecule has 178 valence electrons. The minimum Gasteiger partial charge on any atom is -0.481 e. The maximum Gasteiger partial charge on any atom is 0.307 e. The van der Waals surface area contributed by atoms with E-state index in [9.17, 15) is 19.8 Å². The van der Waals surface area contributed by atoms with E-state index in [0.29, 0.717) is 36.0 Å². The number of carboxylic acids is 2. The lowest BCUT2D eigenvalue weighted by molar-refractivity contribution is -0.162. The van der Waals surface area contributed by atoms with Crippen LogP contribution in [0.3, 0.4) is 0 Å². The minimum absolute atomic E-state index is 0.0843. The fraction of sp³-hybridized carbons (Fsp3) is 0.926. The Morgan fingerprint density at radius 2 is 1.65 bits per heavy atom. The number of carbonyl (C=O) groups is 2. The third-order valence-electron chi connectivity index (χ3n) is 10.2. The summed E-state index contributed by atoms with van der Waals surface area (Å²) in [6.07, 6.45) is 11.2. The second-order valence-electron chi connectivity index (χ2n) is 12.3. The van der Waals surface area contributed by atoms with Gasteiger partial charge >= 0.3 is 11.9 Å². The van der Waals surface area contributed by atoms with Gasteiger partial charge in [-0.05, 0) is 91.3 Å². The van der Waals surface area contributed by atoms with E-state index >= 15 is 0 Å². The average molecular weight is 435 g/mol. The number of fused-ring (bicyclic) bond motifs is 3. The first kappa shape index (κ1) is 24.6. The van der Waals surface area contributed by atoms with Gasteiger partial charge in [-0.15, -0.1) is 0 Å². The summed E-state index contributed by atoms with van der Waals surface area (Å²) in [4.78, 5) is 23.5. The van der Waals surface area contributed by atoms with Crippen LogP contribution in [0.2, 0.25) is 0 Å². The first-order chi connectivity index (χ1) is 14.5. The molecule has 8 atom stereocenters. The zero-order valence-electron chi connectivity index (χ0n) is 20.5. The van der Waals surface area contributed by atoms with Crippen LogP contribution in [0.4, 0.5) is 0 Å². The largest absolute Gasteiger partial charge is 0.481 e. The number of aliphatic carboxylic acids is 2. The van der Waals surface area contributed by atoms with Crippen LogP contribution in [0.5, 0.6) is 0 Å². The molecule has 31 heavy (non-hydrogen) atoms. The standard InChI is InChI=1S/C27H46O4/c1-17(2)7-6-8-18(3)20-11-12-21-19-9-10-23(25(30)31)27(5,16-14-24(28)29)22(19)13-15-26(20,21)4/h17-23H,6-16H2,1-5H3,(H,28,29)(H,30,31). The number of rotatable bonds is 9. The Morgan fingerprint density at radius 1 is 0.935 bits per heavy atom. The molecular weight excluding hydrogens is 388 g/mol. The van der Waals surface area contributed by atoms with Gasteiger partial charge in [0, 0.05) is 6.42 Å². The van der Waals surface area contributed by atoms with E-state index in [2.05, 4.69) is 34.6 Å². The molecule has 3 fully saturated rings. The van der Waals surface area contributed by atoms with Crippen molar-refractivity contribution in [2.45, 2.75) is 105 Å². The third kappa shape index (κ3) is 4.69. The highest BCUT2D eigenvalue weighted by Crippen LogP contribution is 2.67. The molecule has 4 heteroatoms. The van der Waals surface area contributed by atoms with Gasteiger partial charge in [0.1, 0.15) is 0 Å². The summed E-state index contributed by atoms with van der Waals surface area (Å²) in [6.45, 7) is 11.8. The topological polar surface area (TPSA) is 74.6 Å². The highest BCUT2D eigenvalue weighted by atomic mass is 16.4. The van der Waals surface area contributed by atoms with E-state index in [1.54, 1.807) is 0 Å². The van der Waals surface area contributed by atoms with Gasteiger partial charge < -0.3 is 10.2 Å². The highest BCUT2D eigenvalue weighted by molar-refractivity contribution is 5.72. The molecule has 4 nitrogen and oxygen atoms in total. The lowest BCUT2D eigenvalue weighted by Gasteiger charge is -2.58. The van der Waals surface area contributed by atoms with Crippen LogP contribution in [0.1, 0.15) is 105 Å². The van der Waals surface area contributed by atoms with E-state index in [0.717, 1.165) is 30.6 Å². The monoisotopic (exact) mass is 434 g/mol. The molecule has 8 unspecified atom stereocenters. The SMILES string of the molecule is CC(C)CCCC(C)C1CCC2C3CCC(C(=O)O)C(C)(CCC(=O)O)C3CCC12C. The van der Waals surface area contributed by atoms with Gasteiger partial charge in [0.2, 0.25) is 0 Å². The molecule has 0 saturated heterocycles. The summed E-state index contributed by atoms with van der Waals surface area (Å²) in [5, 5.41) is 19.3. The van der Waals surface area contributed by atoms with Gasteiger partial charge in [-0.2, -0.15) is 0 Å². The van der Waals surface area contributed by atoms with Gasteiger partial charge in [0.15, 0.2) is 0 Å². The lowest BCUT2D eigenvalue weighted by Crippen LogP contribution is -2.53. The smallest absolute Gasteiger partial charge is 0.307 e. The van der Waals surface area contributed by atoms with E-state index in [4.69, 9.17) is 0 Å². The molecule has 0 bridgehead atoms. The molecule has 2 N–H and O–H groups in total. The lowest BCUT2D eigenvalue weighted by atomic mass is 9.46. The molecule has 3 rings (SSSR count). The van der Waals surface area contributed by atoms with Gasteiger partial charge in [0.25, 0.3) is 0 Å². The van der Waals surface area contributed by atoms with Crippen molar-refractivity contribution < 1.29 is 19.8 Å². The van der Waals surface area contributed by atoms with Crippen LogP contribution in [0.25, 0.3) is 0 Å². The van der Waals surface area contributed by atoms with Crippen molar-refractivity contribution in [3.8, 4) is 0 Å². The molecule has 3 aliphatic carbocycles. The Labute approximate surface area is 189 Å². The molecule has 0 aromatic heterocycles. The zero-order chi connectivity index (χ0) is 23.0. The average Bonchev–Trinajstić information content (AvgIpc) is 3.03.